The average molecular weight is 303 g/mol. The number of thioether (sulfide) groups is 1. The minimum Gasteiger partial charge on any atom is -0.494 e. The van der Waals surface area contributed by atoms with Gasteiger partial charge in [-0.15, -0.1) is 11.8 Å². The molecule has 2 unspecified atom stereocenters. The highest BCUT2D eigenvalue weighted by Gasteiger charge is 2.37. The fourth-order valence-electron chi connectivity index (χ4n) is 1.95. The highest BCUT2D eigenvalue weighted by atomic mass is 32.2. The maximum atomic E-state index is 11.5. The van der Waals surface area contributed by atoms with Crippen LogP contribution in [0.25, 0.3) is 0 Å². The highest BCUT2D eigenvalue weighted by Crippen LogP contribution is 2.36. The topological polar surface area (TPSA) is 89.6 Å². The molecule has 1 aliphatic heterocycles. The Hall–Kier alpha value is -0.920. The predicted octanol–water partition coefficient (Wildman–Crippen LogP) is 0.917. The minimum atomic E-state index is -3.14. The summed E-state index contributed by atoms with van der Waals surface area (Å²) < 4.78 is 28.3. The summed E-state index contributed by atoms with van der Waals surface area (Å²) >= 11 is 1.29. The second kappa shape index (κ2) is 5.60. The number of hydrogen-bond donors (Lipinski definition) is 2. The fourth-order valence-corrected chi connectivity index (χ4v) is 5.54. The van der Waals surface area contributed by atoms with Crippen LogP contribution in [0.2, 0.25) is 0 Å². The van der Waals surface area contributed by atoms with E-state index in [9.17, 15) is 13.5 Å². The van der Waals surface area contributed by atoms with Gasteiger partial charge in [-0.3, -0.25) is 0 Å². The smallest absolute Gasteiger partial charge is 0.154 e. The molecule has 0 spiro atoms. The molecule has 19 heavy (non-hydrogen) atoms. The van der Waals surface area contributed by atoms with E-state index in [2.05, 4.69) is 0 Å². The molecule has 2 atom stereocenters. The van der Waals surface area contributed by atoms with Crippen LogP contribution in [0.15, 0.2) is 23.1 Å². The first-order chi connectivity index (χ1) is 8.91. The molecule has 0 amide bonds. The van der Waals surface area contributed by atoms with Crippen molar-refractivity contribution in [3.63, 3.8) is 0 Å². The molecule has 1 heterocycles. The van der Waals surface area contributed by atoms with Crippen LogP contribution in [0.5, 0.6) is 5.75 Å². The molecule has 0 saturated carbocycles. The molecular weight excluding hydrogens is 286 g/mol. The van der Waals surface area contributed by atoms with Gasteiger partial charge in [-0.1, -0.05) is 0 Å². The Morgan fingerprint density at radius 3 is 2.79 bits per heavy atom. The molecule has 5 nitrogen and oxygen atoms in total. The number of rotatable bonds is 4. The number of sulfone groups is 1. The Balaban J connectivity index is 2.17. The van der Waals surface area contributed by atoms with Gasteiger partial charge in [0.25, 0.3) is 0 Å². The Bertz CT molecular complexity index is 559. The number of nitrogens with two attached hydrogens (primary N) is 1. The lowest BCUT2D eigenvalue weighted by Crippen LogP contribution is -2.20. The third-order valence-corrected chi connectivity index (χ3v) is 6.16. The number of nitrogen functional groups attached to an aromatic ring is 1. The Labute approximate surface area is 117 Å². The zero-order valence-electron chi connectivity index (χ0n) is 10.6. The summed E-state index contributed by atoms with van der Waals surface area (Å²) in [5.41, 5.74) is 6.43. The van der Waals surface area contributed by atoms with E-state index >= 15 is 0 Å². The standard InChI is InChI=1S/C12H17NO4S2/c1-2-17-8-3-4-9(13)11(5-8)18-12-7-19(15,16)6-10(12)14/h3-5,10,12,14H,2,6-7,13H2,1H3. The zero-order valence-corrected chi connectivity index (χ0v) is 12.2. The molecule has 1 aromatic carbocycles. The lowest BCUT2D eigenvalue weighted by molar-refractivity contribution is 0.207. The second-order valence-electron chi connectivity index (χ2n) is 4.43. The van der Waals surface area contributed by atoms with E-state index in [1.807, 2.05) is 6.92 Å². The van der Waals surface area contributed by atoms with E-state index in [1.165, 1.54) is 11.8 Å². The van der Waals surface area contributed by atoms with Crippen LogP contribution in [-0.4, -0.2) is 43.0 Å². The van der Waals surface area contributed by atoms with Gasteiger partial charge in [0.2, 0.25) is 0 Å². The molecule has 0 radical (unpaired) electrons. The van der Waals surface area contributed by atoms with Gasteiger partial charge in [-0.05, 0) is 25.1 Å². The van der Waals surface area contributed by atoms with Crippen molar-refractivity contribution in [2.75, 3.05) is 23.8 Å². The van der Waals surface area contributed by atoms with Crippen molar-refractivity contribution < 1.29 is 18.3 Å². The number of aliphatic hydroxyl groups is 1. The van der Waals surface area contributed by atoms with Crippen LogP contribution >= 0.6 is 11.8 Å². The summed E-state index contributed by atoms with van der Waals surface area (Å²) in [6.45, 7) is 2.44. The van der Waals surface area contributed by atoms with Crippen LogP contribution in [0.3, 0.4) is 0 Å². The molecule has 106 valence electrons. The van der Waals surface area contributed by atoms with Crippen LogP contribution in [0.4, 0.5) is 5.69 Å². The van der Waals surface area contributed by atoms with E-state index < -0.39 is 15.9 Å². The molecule has 1 aliphatic rings. The Kier molecular flexibility index (Phi) is 4.27. The van der Waals surface area contributed by atoms with Crippen molar-refractivity contribution in [2.45, 2.75) is 23.2 Å². The number of ether oxygens (including phenoxy) is 1. The highest BCUT2D eigenvalue weighted by molar-refractivity contribution is 8.02. The van der Waals surface area contributed by atoms with Crippen molar-refractivity contribution in [3.8, 4) is 5.75 Å². The number of aliphatic hydroxyl groups excluding tert-OH is 1. The fraction of sp³-hybridized carbons (Fsp3) is 0.500. The summed E-state index contributed by atoms with van der Waals surface area (Å²) in [5, 5.41) is 9.41. The monoisotopic (exact) mass is 303 g/mol. The molecule has 1 aromatic rings. The van der Waals surface area contributed by atoms with Crippen molar-refractivity contribution >= 4 is 27.3 Å². The zero-order chi connectivity index (χ0) is 14.0. The van der Waals surface area contributed by atoms with Crippen LogP contribution < -0.4 is 10.5 Å². The predicted molar refractivity (Wildman–Crippen MR) is 76.3 cm³/mol. The van der Waals surface area contributed by atoms with E-state index in [1.54, 1.807) is 18.2 Å². The lowest BCUT2D eigenvalue weighted by atomic mass is 10.3. The average Bonchev–Trinajstić information content (AvgIpc) is 2.57. The van der Waals surface area contributed by atoms with Gasteiger partial charge < -0.3 is 15.6 Å². The molecule has 0 aliphatic carbocycles. The van der Waals surface area contributed by atoms with Gasteiger partial charge in [-0.25, -0.2) is 8.42 Å². The van der Waals surface area contributed by atoms with Crippen molar-refractivity contribution in [3.05, 3.63) is 18.2 Å². The molecule has 1 saturated heterocycles. The van der Waals surface area contributed by atoms with E-state index in [-0.39, 0.29) is 16.8 Å². The first kappa shape index (κ1) is 14.5. The van der Waals surface area contributed by atoms with Gasteiger partial charge in [0, 0.05) is 10.6 Å². The summed E-state index contributed by atoms with van der Waals surface area (Å²) in [5.74, 6) is 0.502. The van der Waals surface area contributed by atoms with E-state index in [0.29, 0.717) is 18.0 Å². The van der Waals surface area contributed by atoms with Crippen molar-refractivity contribution in [2.24, 2.45) is 0 Å². The first-order valence-corrected chi connectivity index (χ1v) is 8.69. The second-order valence-corrected chi connectivity index (χ2v) is 7.87. The maximum absolute atomic E-state index is 11.5. The summed E-state index contributed by atoms with van der Waals surface area (Å²) in [6, 6.07) is 5.27. The molecule has 3 N–H and O–H groups in total. The SMILES string of the molecule is CCOc1ccc(N)c(SC2CS(=O)(=O)CC2O)c1. The third-order valence-electron chi connectivity index (χ3n) is 2.85. The lowest BCUT2D eigenvalue weighted by Gasteiger charge is -2.14. The number of hydrogen-bond acceptors (Lipinski definition) is 6. The largest absolute Gasteiger partial charge is 0.494 e. The normalized spacial score (nSPS) is 25.4. The van der Waals surface area contributed by atoms with Crippen molar-refractivity contribution in [1.29, 1.82) is 0 Å². The van der Waals surface area contributed by atoms with Gasteiger partial charge in [-0.2, -0.15) is 0 Å². The molecule has 0 bridgehead atoms. The Morgan fingerprint density at radius 1 is 1.47 bits per heavy atom. The third kappa shape index (κ3) is 3.55. The molecular formula is C12H17NO4S2. The van der Waals surface area contributed by atoms with E-state index in [0.717, 1.165) is 4.90 Å². The summed E-state index contributed by atoms with van der Waals surface area (Å²) in [6.07, 6.45) is -0.842. The van der Waals surface area contributed by atoms with Crippen LogP contribution in [0, 0.1) is 0 Å². The van der Waals surface area contributed by atoms with Crippen LogP contribution in [0.1, 0.15) is 6.92 Å². The minimum absolute atomic E-state index is 0.0167. The molecule has 1 fully saturated rings. The number of benzene rings is 1. The summed E-state index contributed by atoms with van der Waals surface area (Å²) in [7, 11) is -3.14. The van der Waals surface area contributed by atoms with Gasteiger partial charge >= 0.3 is 0 Å². The van der Waals surface area contributed by atoms with Gasteiger partial charge in [0.1, 0.15) is 5.75 Å². The maximum Gasteiger partial charge on any atom is 0.154 e. The van der Waals surface area contributed by atoms with Gasteiger partial charge in [0.15, 0.2) is 9.84 Å². The molecule has 2 rings (SSSR count). The van der Waals surface area contributed by atoms with E-state index in [4.69, 9.17) is 10.5 Å². The first-order valence-electron chi connectivity index (χ1n) is 5.99. The quantitative estimate of drug-likeness (QED) is 0.804. The molecule has 7 heteroatoms. The van der Waals surface area contributed by atoms with Crippen LogP contribution in [-0.2, 0) is 9.84 Å². The van der Waals surface area contributed by atoms with Gasteiger partial charge in [0.05, 0.1) is 29.5 Å². The summed E-state index contributed by atoms with van der Waals surface area (Å²) in [4.78, 5) is 0.743. The Morgan fingerprint density at radius 2 is 2.21 bits per heavy atom. The number of anilines is 1. The van der Waals surface area contributed by atoms with Crippen molar-refractivity contribution in [1.82, 2.24) is 0 Å². The molecule has 0 aromatic heterocycles.